The maximum atomic E-state index is 9.33. The molecular formula is C25H42N4O2. The van der Waals surface area contributed by atoms with Gasteiger partial charge in [0.25, 0.3) is 0 Å². The first-order chi connectivity index (χ1) is 15.2. The number of ether oxygens (including phenoxy) is 1. The van der Waals surface area contributed by atoms with Crippen LogP contribution in [0.4, 0.5) is 5.69 Å². The quantitative estimate of drug-likeness (QED) is 0.391. The number of piperidine rings is 1. The van der Waals surface area contributed by atoms with E-state index in [1.54, 1.807) is 7.11 Å². The molecule has 1 aromatic carbocycles. The Hall–Kier alpha value is -1.79. The highest BCUT2D eigenvalue weighted by molar-refractivity contribution is 5.79. The van der Waals surface area contributed by atoms with Crippen molar-refractivity contribution >= 4 is 11.6 Å². The van der Waals surface area contributed by atoms with Crippen LogP contribution in [0.1, 0.15) is 57.4 Å². The Morgan fingerprint density at radius 2 is 1.87 bits per heavy atom. The summed E-state index contributed by atoms with van der Waals surface area (Å²) in [5, 5.41) is 16.3. The van der Waals surface area contributed by atoms with E-state index < -0.39 is 0 Å². The van der Waals surface area contributed by atoms with Crippen LogP contribution in [-0.4, -0.2) is 57.6 Å². The van der Waals surface area contributed by atoms with Gasteiger partial charge in [-0.15, -0.1) is 0 Å². The lowest BCUT2D eigenvalue weighted by molar-refractivity contribution is 0.138. The van der Waals surface area contributed by atoms with Crippen LogP contribution in [0.25, 0.3) is 0 Å². The fourth-order valence-electron chi connectivity index (χ4n) is 4.93. The molecule has 0 unspecified atom stereocenters. The SMILES string of the molecule is CCNC(=NCc1ccc(N2CCC(CO)CC2)cc1)NCC1(CCOC)CCCC1. The van der Waals surface area contributed by atoms with Crippen molar-refractivity contribution < 1.29 is 9.84 Å². The second-order valence-corrected chi connectivity index (χ2v) is 9.28. The van der Waals surface area contributed by atoms with Gasteiger partial charge in [0.2, 0.25) is 0 Å². The molecule has 3 rings (SSSR count). The van der Waals surface area contributed by atoms with Crippen LogP contribution in [0.15, 0.2) is 29.3 Å². The zero-order valence-corrected chi connectivity index (χ0v) is 19.5. The summed E-state index contributed by atoms with van der Waals surface area (Å²) in [5.74, 6) is 1.38. The van der Waals surface area contributed by atoms with Crippen LogP contribution < -0.4 is 15.5 Å². The van der Waals surface area contributed by atoms with Crippen molar-refractivity contribution in [1.29, 1.82) is 0 Å². The molecule has 6 heteroatoms. The number of aliphatic hydroxyl groups is 1. The molecule has 1 aromatic rings. The number of aliphatic imine (C=N–C) groups is 1. The van der Waals surface area contributed by atoms with E-state index in [0.717, 1.165) is 58.0 Å². The number of benzene rings is 1. The summed E-state index contributed by atoms with van der Waals surface area (Å²) in [4.78, 5) is 7.26. The highest BCUT2D eigenvalue weighted by Crippen LogP contribution is 2.40. The standard InChI is InChI=1S/C25H42N4O2/c1-3-26-24(28-20-25(14-17-31-2)12-4-5-13-25)27-18-21-6-8-23(9-7-21)29-15-10-22(19-30)11-16-29/h6-9,22,30H,3-5,10-20H2,1-2H3,(H2,26,27,28). The van der Waals surface area contributed by atoms with E-state index in [9.17, 15) is 5.11 Å². The summed E-state index contributed by atoms with van der Waals surface area (Å²) in [5.41, 5.74) is 2.84. The van der Waals surface area contributed by atoms with E-state index in [1.807, 2.05) is 0 Å². The molecule has 0 aromatic heterocycles. The third kappa shape index (κ3) is 7.11. The molecular weight excluding hydrogens is 388 g/mol. The first-order valence-corrected chi connectivity index (χ1v) is 12.1. The third-order valence-electron chi connectivity index (χ3n) is 7.07. The number of nitrogens with zero attached hydrogens (tertiary/aromatic N) is 2. The Morgan fingerprint density at radius 1 is 1.16 bits per heavy atom. The summed E-state index contributed by atoms with van der Waals surface area (Å²) >= 11 is 0. The highest BCUT2D eigenvalue weighted by atomic mass is 16.5. The molecule has 1 aliphatic heterocycles. The maximum absolute atomic E-state index is 9.33. The number of anilines is 1. The molecule has 0 bridgehead atoms. The molecule has 3 N–H and O–H groups in total. The summed E-state index contributed by atoms with van der Waals surface area (Å²) < 4.78 is 5.36. The largest absolute Gasteiger partial charge is 0.396 e. The van der Waals surface area contributed by atoms with Crippen molar-refractivity contribution in [2.75, 3.05) is 51.4 Å². The average molecular weight is 431 g/mol. The van der Waals surface area contributed by atoms with Crippen LogP contribution in [-0.2, 0) is 11.3 Å². The Labute approximate surface area is 188 Å². The Bertz CT molecular complexity index is 663. The number of guanidine groups is 1. The molecule has 0 amide bonds. The monoisotopic (exact) mass is 430 g/mol. The zero-order chi connectivity index (χ0) is 21.9. The Morgan fingerprint density at radius 3 is 2.48 bits per heavy atom. The second-order valence-electron chi connectivity index (χ2n) is 9.28. The number of nitrogens with one attached hydrogen (secondary N) is 2. The molecule has 1 heterocycles. The number of rotatable bonds is 10. The topological polar surface area (TPSA) is 69.1 Å². The van der Waals surface area contributed by atoms with Gasteiger partial charge in [0, 0.05) is 52.2 Å². The van der Waals surface area contributed by atoms with Crippen LogP contribution in [0, 0.1) is 11.3 Å². The van der Waals surface area contributed by atoms with Crippen LogP contribution in [0.5, 0.6) is 0 Å². The smallest absolute Gasteiger partial charge is 0.191 e. The molecule has 174 valence electrons. The van der Waals surface area contributed by atoms with Crippen molar-refractivity contribution in [2.24, 2.45) is 16.3 Å². The van der Waals surface area contributed by atoms with E-state index >= 15 is 0 Å². The molecule has 1 aliphatic carbocycles. The van der Waals surface area contributed by atoms with Gasteiger partial charge in [0.05, 0.1) is 6.54 Å². The van der Waals surface area contributed by atoms with E-state index in [2.05, 4.69) is 46.7 Å². The van der Waals surface area contributed by atoms with Crippen LogP contribution >= 0.6 is 0 Å². The molecule has 1 saturated carbocycles. The van der Waals surface area contributed by atoms with Gasteiger partial charge in [0.1, 0.15) is 0 Å². The summed E-state index contributed by atoms with van der Waals surface area (Å²) in [6, 6.07) is 8.81. The Kier molecular flexibility index (Phi) is 9.47. The molecule has 0 atom stereocenters. The normalized spacial score (nSPS) is 19.6. The number of aliphatic hydroxyl groups excluding tert-OH is 1. The van der Waals surface area contributed by atoms with E-state index in [1.165, 1.54) is 36.9 Å². The second kappa shape index (κ2) is 12.3. The molecule has 31 heavy (non-hydrogen) atoms. The minimum atomic E-state index is 0.320. The molecule has 1 saturated heterocycles. The van der Waals surface area contributed by atoms with Gasteiger partial charge in [-0.3, -0.25) is 0 Å². The minimum absolute atomic E-state index is 0.320. The van der Waals surface area contributed by atoms with Gasteiger partial charge in [0.15, 0.2) is 5.96 Å². The lowest BCUT2D eigenvalue weighted by Gasteiger charge is -2.32. The number of methoxy groups -OCH3 is 1. The predicted molar refractivity (Wildman–Crippen MR) is 129 cm³/mol. The van der Waals surface area contributed by atoms with Crippen LogP contribution in [0.3, 0.4) is 0 Å². The van der Waals surface area contributed by atoms with Gasteiger partial charge >= 0.3 is 0 Å². The summed E-state index contributed by atoms with van der Waals surface area (Å²) in [6.07, 6.45) is 8.47. The van der Waals surface area contributed by atoms with Crippen LogP contribution in [0.2, 0.25) is 0 Å². The molecule has 6 nitrogen and oxygen atoms in total. The zero-order valence-electron chi connectivity index (χ0n) is 19.5. The summed E-state index contributed by atoms with van der Waals surface area (Å²) in [6.45, 7) is 7.82. The van der Waals surface area contributed by atoms with Gasteiger partial charge in [-0.2, -0.15) is 0 Å². The first kappa shape index (κ1) is 23.9. The average Bonchev–Trinajstić information content (AvgIpc) is 3.29. The molecule has 0 radical (unpaired) electrons. The maximum Gasteiger partial charge on any atom is 0.191 e. The highest BCUT2D eigenvalue weighted by Gasteiger charge is 2.33. The van der Waals surface area contributed by atoms with Crippen molar-refractivity contribution in [3.05, 3.63) is 29.8 Å². The van der Waals surface area contributed by atoms with Gasteiger partial charge < -0.3 is 25.4 Å². The van der Waals surface area contributed by atoms with Crippen molar-refractivity contribution in [2.45, 2.75) is 58.4 Å². The third-order valence-corrected chi connectivity index (χ3v) is 7.07. The van der Waals surface area contributed by atoms with E-state index in [4.69, 9.17) is 9.73 Å². The molecule has 0 spiro atoms. The minimum Gasteiger partial charge on any atom is -0.396 e. The number of hydrogen-bond donors (Lipinski definition) is 3. The van der Waals surface area contributed by atoms with Gasteiger partial charge in [-0.1, -0.05) is 25.0 Å². The lowest BCUT2D eigenvalue weighted by atomic mass is 9.83. The number of hydrogen-bond acceptors (Lipinski definition) is 4. The summed E-state index contributed by atoms with van der Waals surface area (Å²) in [7, 11) is 1.80. The first-order valence-electron chi connectivity index (χ1n) is 12.1. The van der Waals surface area contributed by atoms with Gasteiger partial charge in [-0.25, -0.2) is 4.99 Å². The van der Waals surface area contributed by atoms with E-state index in [0.29, 0.717) is 24.5 Å². The lowest BCUT2D eigenvalue weighted by Crippen LogP contribution is -2.43. The predicted octanol–water partition coefficient (Wildman–Crippen LogP) is 3.55. The van der Waals surface area contributed by atoms with E-state index in [-0.39, 0.29) is 0 Å². The fraction of sp³-hybridized carbons (Fsp3) is 0.720. The van der Waals surface area contributed by atoms with Crippen molar-refractivity contribution in [1.82, 2.24) is 10.6 Å². The van der Waals surface area contributed by atoms with Gasteiger partial charge in [-0.05, 0) is 68.1 Å². The molecule has 2 fully saturated rings. The van der Waals surface area contributed by atoms with Crippen molar-refractivity contribution in [3.63, 3.8) is 0 Å². The Balaban J connectivity index is 1.53. The van der Waals surface area contributed by atoms with Crippen molar-refractivity contribution in [3.8, 4) is 0 Å². The molecule has 2 aliphatic rings. The fourth-order valence-corrected chi connectivity index (χ4v) is 4.93.